The van der Waals surface area contributed by atoms with Crippen LogP contribution in [0, 0.1) is 6.92 Å². The Labute approximate surface area is 151 Å². The molecule has 0 fully saturated rings. The molecule has 0 aromatic carbocycles. The van der Waals surface area contributed by atoms with Gasteiger partial charge in [-0.25, -0.2) is 4.98 Å². The second-order valence-corrected chi connectivity index (χ2v) is 6.64. The number of carbonyl (C=O) groups is 1. The second-order valence-electron chi connectivity index (χ2n) is 6.64. The fourth-order valence-corrected chi connectivity index (χ4v) is 2.35. The van der Waals surface area contributed by atoms with Crippen molar-refractivity contribution in [3.63, 3.8) is 0 Å². The Hall–Kier alpha value is -2.15. The van der Waals surface area contributed by atoms with Crippen LogP contribution in [0.5, 0.6) is 6.01 Å². The first-order chi connectivity index (χ1) is 11.7. The van der Waals surface area contributed by atoms with Crippen LogP contribution in [0.4, 0.5) is 5.82 Å². The Morgan fingerprint density at radius 2 is 2.00 bits per heavy atom. The highest BCUT2D eigenvalue weighted by Crippen LogP contribution is 2.18. The number of hydrogen-bond acceptors (Lipinski definition) is 6. The number of ether oxygens (including phenoxy) is 1. The summed E-state index contributed by atoms with van der Waals surface area (Å²) in [6.45, 7) is 6.70. The third-order valence-electron chi connectivity index (χ3n) is 3.73. The quantitative estimate of drug-likeness (QED) is 0.598. The lowest BCUT2D eigenvalue weighted by Crippen LogP contribution is -2.40. The van der Waals surface area contributed by atoms with Gasteiger partial charge in [-0.3, -0.25) is 9.69 Å². The van der Waals surface area contributed by atoms with Crippen molar-refractivity contribution in [1.82, 2.24) is 19.8 Å². The van der Waals surface area contributed by atoms with Gasteiger partial charge in [-0.2, -0.15) is 4.98 Å². The van der Waals surface area contributed by atoms with Gasteiger partial charge in [-0.1, -0.05) is 6.08 Å². The minimum Gasteiger partial charge on any atom is -0.459 e. The van der Waals surface area contributed by atoms with Crippen LogP contribution < -0.4 is 9.64 Å². The van der Waals surface area contributed by atoms with E-state index in [0.29, 0.717) is 19.1 Å². The van der Waals surface area contributed by atoms with Gasteiger partial charge in [0, 0.05) is 46.5 Å². The molecule has 0 N–H and O–H groups in total. The van der Waals surface area contributed by atoms with E-state index in [2.05, 4.69) is 16.5 Å². The van der Waals surface area contributed by atoms with E-state index in [9.17, 15) is 4.79 Å². The standard InChI is InChI=1S/C18H31N5O2/c1-8-9-10-15(12-23(7)13-16(24)21(3)4)25-18-19-11-14(2)17(20-18)22(5)6/h8,11,15H,1,9-10,12-13H2,2-7H3. The van der Waals surface area contributed by atoms with E-state index in [-0.39, 0.29) is 12.0 Å². The maximum Gasteiger partial charge on any atom is 0.318 e. The van der Waals surface area contributed by atoms with Crippen molar-refractivity contribution in [3.8, 4) is 6.01 Å². The van der Waals surface area contributed by atoms with Crippen molar-refractivity contribution >= 4 is 11.7 Å². The van der Waals surface area contributed by atoms with Crippen LogP contribution in [0.1, 0.15) is 18.4 Å². The Balaban J connectivity index is 2.80. The molecule has 0 radical (unpaired) electrons. The van der Waals surface area contributed by atoms with E-state index in [0.717, 1.165) is 24.2 Å². The Morgan fingerprint density at radius 1 is 1.32 bits per heavy atom. The van der Waals surface area contributed by atoms with Crippen molar-refractivity contribution in [3.05, 3.63) is 24.4 Å². The summed E-state index contributed by atoms with van der Waals surface area (Å²) in [6, 6.07) is 0.357. The molecule has 0 aliphatic heterocycles. The van der Waals surface area contributed by atoms with Crippen molar-refractivity contribution in [2.75, 3.05) is 53.2 Å². The predicted molar refractivity (Wildman–Crippen MR) is 101 cm³/mol. The number of amides is 1. The van der Waals surface area contributed by atoms with Gasteiger partial charge in [-0.05, 0) is 26.8 Å². The highest BCUT2D eigenvalue weighted by Gasteiger charge is 2.18. The molecule has 0 bridgehead atoms. The lowest BCUT2D eigenvalue weighted by Gasteiger charge is -2.25. The van der Waals surface area contributed by atoms with Gasteiger partial charge in [0.2, 0.25) is 5.91 Å². The molecule has 1 aromatic rings. The average molecular weight is 349 g/mol. The number of aromatic nitrogens is 2. The normalized spacial score (nSPS) is 12.0. The number of nitrogens with zero attached hydrogens (tertiary/aromatic N) is 5. The lowest BCUT2D eigenvalue weighted by molar-refractivity contribution is -0.129. The van der Waals surface area contributed by atoms with Gasteiger partial charge in [-0.15, -0.1) is 6.58 Å². The zero-order valence-electron chi connectivity index (χ0n) is 16.3. The highest BCUT2D eigenvalue weighted by atomic mass is 16.5. The number of aryl methyl sites for hydroxylation is 1. The Bertz CT molecular complexity index is 575. The maximum atomic E-state index is 11.9. The van der Waals surface area contributed by atoms with Gasteiger partial charge in [0.15, 0.2) is 0 Å². The molecular formula is C18H31N5O2. The Kier molecular flexibility index (Phi) is 8.34. The highest BCUT2D eigenvalue weighted by molar-refractivity contribution is 5.77. The van der Waals surface area contributed by atoms with Crippen LogP contribution in [-0.4, -0.2) is 80.1 Å². The van der Waals surface area contributed by atoms with Gasteiger partial charge >= 0.3 is 6.01 Å². The fraction of sp³-hybridized carbons (Fsp3) is 0.611. The van der Waals surface area contributed by atoms with Gasteiger partial charge < -0.3 is 14.5 Å². The molecule has 1 unspecified atom stereocenters. The minimum absolute atomic E-state index is 0.0615. The first-order valence-electron chi connectivity index (χ1n) is 8.41. The summed E-state index contributed by atoms with van der Waals surface area (Å²) >= 11 is 0. The topological polar surface area (TPSA) is 61.8 Å². The average Bonchev–Trinajstić information content (AvgIpc) is 2.53. The van der Waals surface area contributed by atoms with E-state index in [1.165, 1.54) is 0 Å². The van der Waals surface area contributed by atoms with E-state index in [4.69, 9.17) is 4.74 Å². The van der Waals surface area contributed by atoms with Crippen LogP contribution in [0.25, 0.3) is 0 Å². The molecule has 0 aliphatic rings. The van der Waals surface area contributed by atoms with Crippen LogP contribution in [-0.2, 0) is 4.79 Å². The summed E-state index contributed by atoms with van der Waals surface area (Å²) < 4.78 is 6.01. The Morgan fingerprint density at radius 3 is 2.56 bits per heavy atom. The zero-order valence-corrected chi connectivity index (χ0v) is 16.3. The molecule has 1 rings (SSSR count). The van der Waals surface area contributed by atoms with Gasteiger partial charge in [0.1, 0.15) is 11.9 Å². The number of allylic oxidation sites excluding steroid dienone is 1. The van der Waals surface area contributed by atoms with Crippen molar-refractivity contribution in [2.45, 2.75) is 25.9 Å². The molecule has 140 valence electrons. The lowest BCUT2D eigenvalue weighted by atomic mass is 10.2. The molecule has 0 saturated heterocycles. The summed E-state index contributed by atoms with van der Waals surface area (Å²) in [5.74, 6) is 0.898. The van der Waals surface area contributed by atoms with Gasteiger partial charge in [0.25, 0.3) is 0 Å². The van der Waals surface area contributed by atoms with E-state index in [1.54, 1.807) is 25.2 Å². The largest absolute Gasteiger partial charge is 0.459 e. The minimum atomic E-state index is -0.115. The number of likely N-dealkylation sites (N-methyl/N-ethyl adjacent to an activating group) is 2. The van der Waals surface area contributed by atoms with Crippen LogP contribution in [0.3, 0.4) is 0 Å². The molecule has 1 amide bonds. The maximum absolute atomic E-state index is 11.9. The molecule has 25 heavy (non-hydrogen) atoms. The smallest absolute Gasteiger partial charge is 0.318 e. The number of carbonyl (C=O) groups excluding carboxylic acids is 1. The summed E-state index contributed by atoms with van der Waals surface area (Å²) in [5.41, 5.74) is 0.994. The van der Waals surface area contributed by atoms with Crippen LogP contribution in [0.15, 0.2) is 18.9 Å². The molecule has 1 atom stereocenters. The number of anilines is 1. The summed E-state index contributed by atoms with van der Waals surface area (Å²) in [5, 5.41) is 0. The van der Waals surface area contributed by atoms with E-state index < -0.39 is 0 Å². The zero-order chi connectivity index (χ0) is 19.0. The second kappa shape index (κ2) is 9.98. The summed E-state index contributed by atoms with van der Waals surface area (Å²) in [7, 11) is 9.30. The molecule has 7 nitrogen and oxygen atoms in total. The van der Waals surface area contributed by atoms with Crippen molar-refractivity contribution in [1.29, 1.82) is 0 Å². The molecule has 7 heteroatoms. The third-order valence-corrected chi connectivity index (χ3v) is 3.73. The molecule has 0 spiro atoms. The molecule has 0 saturated carbocycles. The van der Waals surface area contributed by atoms with E-state index in [1.807, 2.05) is 43.9 Å². The summed E-state index contributed by atoms with van der Waals surface area (Å²) in [4.78, 5) is 26.1. The number of hydrogen-bond donors (Lipinski definition) is 0. The molecular weight excluding hydrogens is 318 g/mol. The summed E-state index contributed by atoms with van der Waals surface area (Å²) in [6.07, 6.45) is 5.13. The SMILES string of the molecule is C=CCCC(CN(C)CC(=O)N(C)C)Oc1ncc(C)c(N(C)C)n1. The first kappa shape index (κ1) is 20.9. The van der Waals surface area contributed by atoms with Crippen LogP contribution in [0.2, 0.25) is 0 Å². The first-order valence-corrected chi connectivity index (χ1v) is 8.41. The monoisotopic (exact) mass is 349 g/mol. The molecule has 1 aromatic heterocycles. The van der Waals surface area contributed by atoms with Crippen molar-refractivity contribution < 1.29 is 9.53 Å². The molecule has 1 heterocycles. The van der Waals surface area contributed by atoms with Crippen molar-refractivity contribution in [2.24, 2.45) is 0 Å². The number of rotatable bonds is 10. The predicted octanol–water partition coefficient (Wildman–Crippen LogP) is 1.58. The van der Waals surface area contributed by atoms with Gasteiger partial charge in [0.05, 0.1) is 6.54 Å². The molecule has 0 aliphatic carbocycles. The van der Waals surface area contributed by atoms with Crippen LogP contribution >= 0.6 is 0 Å². The third kappa shape index (κ3) is 7.09. The van der Waals surface area contributed by atoms with E-state index >= 15 is 0 Å². The fourth-order valence-electron chi connectivity index (χ4n) is 2.35.